The van der Waals surface area contributed by atoms with Gasteiger partial charge in [0.1, 0.15) is 0 Å². The van der Waals surface area contributed by atoms with E-state index in [1.807, 2.05) is 42.5 Å². The van der Waals surface area contributed by atoms with Crippen LogP contribution in [0.15, 0.2) is 76.7 Å². The molecule has 0 saturated heterocycles. The van der Waals surface area contributed by atoms with Gasteiger partial charge in [0, 0.05) is 20.9 Å². The van der Waals surface area contributed by atoms with Crippen LogP contribution < -0.4 is 5.32 Å². The second-order valence-corrected chi connectivity index (χ2v) is 7.54. The summed E-state index contributed by atoms with van der Waals surface area (Å²) in [6.45, 7) is 3.78. The Morgan fingerprint density at radius 2 is 1.96 bits per heavy atom. The molecule has 0 saturated carbocycles. The molecule has 1 unspecified atom stereocenters. The number of hydrogen-bond donors (Lipinski definition) is 1. The minimum atomic E-state index is -0.106. The largest absolute Gasteiger partial charge is 0.335 e. The summed E-state index contributed by atoms with van der Waals surface area (Å²) in [6.07, 6.45) is 3.99. The SMILES string of the molecule is C=CCSC1=NC(c2ccccc2Cl)C=C(c2ccc(Br)cc2)N1. The van der Waals surface area contributed by atoms with E-state index in [1.54, 1.807) is 11.8 Å². The highest BCUT2D eigenvalue weighted by Gasteiger charge is 2.19. The van der Waals surface area contributed by atoms with Gasteiger partial charge < -0.3 is 5.32 Å². The van der Waals surface area contributed by atoms with E-state index in [0.29, 0.717) is 0 Å². The number of benzene rings is 2. The first kappa shape index (κ1) is 17.3. The first-order valence-electron chi connectivity index (χ1n) is 7.48. The molecule has 5 heteroatoms. The predicted molar refractivity (Wildman–Crippen MR) is 110 cm³/mol. The summed E-state index contributed by atoms with van der Waals surface area (Å²) >= 11 is 11.5. The van der Waals surface area contributed by atoms with E-state index < -0.39 is 0 Å². The molecule has 0 radical (unpaired) electrons. The van der Waals surface area contributed by atoms with Crippen molar-refractivity contribution in [3.63, 3.8) is 0 Å². The van der Waals surface area contributed by atoms with E-state index in [4.69, 9.17) is 16.6 Å². The monoisotopic (exact) mass is 418 g/mol. The molecule has 1 heterocycles. The Kier molecular flexibility index (Phi) is 5.82. The normalized spacial score (nSPS) is 16.8. The highest BCUT2D eigenvalue weighted by atomic mass is 79.9. The van der Waals surface area contributed by atoms with Crippen LogP contribution in [-0.4, -0.2) is 10.9 Å². The molecular weight excluding hydrogens is 404 g/mol. The van der Waals surface area contributed by atoms with Crippen molar-refractivity contribution in [1.82, 2.24) is 5.32 Å². The first-order valence-corrected chi connectivity index (χ1v) is 9.64. The Labute approximate surface area is 159 Å². The molecule has 3 rings (SSSR count). The lowest BCUT2D eigenvalue weighted by Crippen LogP contribution is -2.24. The van der Waals surface area contributed by atoms with Gasteiger partial charge >= 0.3 is 0 Å². The van der Waals surface area contributed by atoms with E-state index in [-0.39, 0.29) is 6.04 Å². The Morgan fingerprint density at radius 3 is 2.67 bits per heavy atom. The number of halogens is 2. The van der Waals surface area contributed by atoms with Gasteiger partial charge in [-0.1, -0.05) is 75.7 Å². The van der Waals surface area contributed by atoms with E-state index in [0.717, 1.165) is 37.2 Å². The van der Waals surface area contributed by atoms with Gasteiger partial charge in [-0.25, -0.2) is 4.99 Å². The van der Waals surface area contributed by atoms with E-state index >= 15 is 0 Å². The van der Waals surface area contributed by atoms with Gasteiger partial charge in [-0.15, -0.1) is 6.58 Å². The molecule has 1 aliphatic rings. The zero-order valence-electron chi connectivity index (χ0n) is 12.9. The molecule has 0 bridgehead atoms. The Morgan fingerprint density at radius 1 is 1.21 bits per heavy atom. The molecule has 24 heavy (non-hydrogen) atoms. The number of nitrogens with one attached hydrogen (secondary N) is 1. The molecular formula is C19H16BrClN2S. The van der Waals surface area contributed by atoms with Crippen molar-refractivity contribution >= 4 is 50.2 Å². The number of aliphatic imine (C=N–C) groups is 1. The van der Waals surface area contributed by atoms with Crippen molar-refractivity contribution in [2.75, 3.05) is 5.75 Å². The third-order valence-electron chi connectivity index (χ3n) is 3.54. The molecule has 2 nitrogen and oxygen atoms in total. The molecule has 2 aromatic carbocycles. The maximum atomic E-state index is 6.38. The van der Waals surface area contributed by atoms with Crippen molar-refractivity contribution < 1.29 is 0 Å². The summed E-state index contributed by atoms with van der Waals surface area (Å²) in [6, 6.07) is 16.0. The van der Waals surface area contributed by atoms with Crippen molar-refractivity contribution in [2.45, 2.75) is 6.04 Å². The third kappa shape index (κ3) is 4.12. The second kappa shape index (κ2) is 8.06. The highest BCUT2D eigenvalue weighted by Crippen LogP contribution is 2.32. The zero-order valence-corrected chi connectivity index (χ0v) is 16.0. The van der Waals surface area contributed by atoms with Crippen molar-refractivity contribution in [3.8, 4) is 0 Å². The lowest BCUT2D eigenvalue weighted by Gasteiger charge is -2.23. The molecule has 122 valence electrons. The average molecular weight is 420 g/mol. The smallest absolute Gasteiger partial charge is 0.162 e. The molecule has 1 aliphatic heterocycles. The Bertz CT molecular complexity index is 799. The maximum absolute atomic E-state index is 6.38. The molecule has 0 aromatic heterocycles. The fraction of sp³-hybridized carbons (Fsp3) is 0.105. The lowest BCUT2D eigenvalue weighted by atomic mass is 10.0. The minimum absolute atomic E-state index is 0.106. The number of amidine groups is 1. The van der Waals surface area contributed by atoms with Gasteiger partial charge in [-0.3, -0.25) is 0 Å². The van der Waals surface area contributed by atoms with Gasteiger partial charge in [-0.05, 0) is 35.4 Å². The molecule has 2 aromatic rings. The van der Waals surface area contributed by atoms with Crippen LogP contribution in [0.4, 0.5) is 0 Å². The van der Waals surface area contributed by atoms with Crippen LogP contribution in [0.3, 0.4) is 0 Å². The summed E-state index contributed by atoms with van der Waals surface area (Å²) in [4.78, 5) is 4.79. The fourth-order valence-electron chi connectivity index (χ4n) is 2.39. The van der Waals surface area contributed by atoms with Gasteiger partial charge in [0.15, 0.2) is 5.17 Å². The Balaban J connectivity index is 1.98. The van der Waals surface area contributed by atoms with E-state index in [9.17, 15) is 0 Å². The van der Waals surface area contributed by atoms with Crippen molar-refractivity contribution in [1.29, 1.82) is 0 Å². The summed E-state index contributed by atoms with van der Waals surface area (Å²) in [5, 5.41) is 5.02. The highest BCUT2D eigenvalue weighted by molar-refractivity contribution is 9.10. The van der Waals surface area contributed by atoms with E-state index in [2.05, 4.69) is 46.0 Å². The van der Waals surface area contributed by atoms with Gasteiger partial charge in [0.25, 0.3) is 0 Å². The van der Waals surface area contributed by atoms with Gasteiger partial charge in [0.05, 0.1) is 6.04 Å². The van der Waals surface area contributed by atoms with Crippen LogP contribution in [0.5, 0.6) is 0 Å². The summed E-state index contributed by atoms with van der Waals surface area (Å²) in [7, 11) is 0. The quantitative estimate of drug-likeness (QED) is 0.609. The van der Waals surface area contributed by atoms with Gasteiger partial charge in [0.2, 0.25) is 0 Å². The molecule has 0 amide bonds. The van der Waals surface area contributed by atoms with Crippen LogP contribution in [0.1, 0.15) is 17.2 Å². The minimum Gasteiger partial charge on any atom is -0.335 e. The molecule has 0 spiro atoms. The number of nitrogens with zero attached hydrogens (tertiary/aromatic N) is 1. The molecule has 0 aliphatic carbocycles. The second-order valence-electron chi connectivity index (χ2n) is 5.21. The summed E-state index contributed by atoms with van der Waals surface area (Å²) < 4.78 is 1.06. The van der Waals surface area contributed by atoms with Gasteiger partial charge in [-0.2, -0.15) is 0 Å². The number of hydrogen-bond acceptors (Lipinski definition) is 3. The maximum Gasteiger partial charge on any atom is 0.162 e. The number of rotatable bonds is 4. The van der Waals surface area contributed by atoms with Crippen LogP contribution >= 0.6 is 39.3 Å². The predicted octanol–water partition coefficient (Wildman–Crippen LogP) is 6.06. The van der Waals surface area contributed by atoms with E-state index in [1.165, 1.54) is 0 Å². The summed E-state index contributed by atoms with van der Waals surface area (Å²) in [5.74, 6) is 0.800. The topological polar surface area (TPSA) is 24.4 Å². The zero-order chi connectivity index (χ0) is 16.9. The summed E-state index contributed by atoms with van der Waals surface area (Å²) in [5.41, 5.74) is 3.16. The molecule has 0 fully saturated rings. The standard InChI is InChI=1S/C19H16BrClN2S/c1-2-11-24-19-22-17(13-7-9-14(20)10-8-13)12-18(23-19)15-5-3-4-6-16(15)21/h2-10,12,18H,1,11H2,(H,22,23). The van der Waals surface area contributed by atoms with Crippen LogP contribution in [0.25, 0.3) is 5.70 Å². The molecule has 1 atom stereocenters. The van der Waals surface area contributed by atoms with Crippen LogP contribution in [0.2, 0.25) is 5.02 Å². The fourth-order valence-corrected chi connectivity index (χ4v) is 3.55. The third-order valence-corrected chi connectivity index (χ3v) is 5.30. The average Bonchev–Trinajstić information content (AvgIpc) is 2.60. The van der Waals surface area contributed by atoms with Crippen molar-refractivity contribution in [2.24, 2.45) is 4.99 Å². The van der Waals surface area contributed by atoms with Crippen molar-refractivity contribution in [3.05, 3.63) is 87.9 Å². The molecule has 1 N–H and O–H groups in total. The lowest BCUT2D eigenvalue weighted by molar-refractivity contribution is 0.888. The number of thioether (sulfide) groups is 1. The Hall–Kier alpha value is -1.49. The van der Waals surface area contributed by atoms with Crippen LogP contribution in [0, 0.1) is 0 Å². The van der Waals surface area contributed by atoms with Crippen LogP contribution in [-0.2, 0) is 0 Å². The first-order chi connectivity index (χ1) is 11.7.